The minimum absolute atomic E-state index is 0.120. The Morgan fingerprint density at radius 2 is 1.58 bits per heavy atom. The number of nitrogens with one attached hydrogen (secondary N) is 2. The van der Waals surface area contributed by atoms with Gasteiger partial charge in [0.25, 0.3) is 0 Å². The minimum Gasteiger partial charge on any atom is -0.378 e. The third kappa shape index (κ3) is 6.91. The molecule has 3 aliphatic rings. The molecule has 3 fully saturated rings. The van der Waals surface area contributed by atoms with Gasteiger partial charge in [-0.15, -0.1) is 0 Å². The van der Waals surface area contributed by atoms with E-state index in [1.807, 2.05) is 54.6 Å². The summed E-state index contributed by atoms with van der Waals surface area (Å²) in [6, 6.07) is 25.9. The molecule has 3 aliphatic heterocycles. The average Bonchev–Trinajstić information content (AvgIpc) is 3.56. The molecule has 2 N–H and O–H groups in total. The summed E-state index contributed by atoms with van der Waals surface area (Å²) in [5.41, 5.74) is 5.29. The molecule has 0 bridgehead atoms. The van der Waals surface area contributed by atoms with Gasteiger partial charge in [0, 0.05) is 67.6 Å². The Morgan fingerprint density at radius 1 is 0.822 bits per heavy atom. The van der Waals surface area contributed by atoms with Crippen molar-refractivity contribution in [1.82, 2.24) is 19.9 Å². The second kappa shape index (κ2) is 13.4. The van der Waals surface area contributed by atoms with Crippen LogP contribution in [0.25, 0.3) is 0 Å². The zero-order chi connectivity index (χ0) is 30.4. The van der Waals surface area contributed by atoms with Crippen LogP contribution >= 0.6 is 0 Å². The standard InChI is InChI=1S/C35H35N7O3/c43-35(42-33(15-20-45-42)28-6-2-1-3-7-28)39-30-8-4-5-26(21-30)9-10-27-22-36-34(37-23-27)38-29-11-13-31(14-12-29)40-16-18-41(19-17-40)32-24-44-25-32/h1-8,11-14,21-23,32-33H,15-20,24-25H2,(H,39,43)(H,36,37,38)/t33-/m0/s1. The summed E-state index contributed by atoms with van der Waals surface area (Å²) in [6.07, 6.45) is 4.15. The fraction of sp³-hybridized carbons (Fsp3) is 0.286. The highest BCUT2D eigenvalue weighted by Crippen LogP contribution is 2.31. The number of ether oxygens (including phenoxy) is 1. The van der Waals surface area contributed by atoms with Crippen LogP contribution in [0.2, 0.25) is 0 Å². The van der Waals surface area contributed by atoms with E-state index >= 15 is 0 Å². The monoisotopic (exact) mass is 601 g/mol. The first-order valence-electron chi connectivity index (χ1n) is 15.3. The quantitative estimate of drug-likeness (QED) is 0.297. The molecule has 0 spiro atoms. The largest absolute Gasteiger partial charge is 0.378 e. The highest BCUT2D eigenvalue weighted by atomic mass is 16.7. The minimum atomic E-state index is -0.310. The molecule has 4 aromatic rings. The van der Waals surface area contributed by atoms with Gasteiger partial charge in [-0.3, -0.25) is 9.74 Å². The number of nitrogens with zero attached hydrogens (tertiary/aromatic N) is 5. The van der Waals surface area contributed by atoms with Crippen LogP contribution < -0.4 is 15.5 Å². The van der Waals surface area contributed by atoms with Crippen LogP contribution in [0.1, 0.15) is 29.2 Å². The smallest absolute Gasteiger partial charge is 0.346 e. The third-order valence-electron chi connectivity index (χ3n) is 8.35. The van der Waals surface area contributed by atoms with E-state index in [0.29, 0.717) is 29.8 Å². The maximum absolute atomic E-state index is 13.0. The predicted molar refractivity (Wildman–Crippen MR) is 173 cm³/mol. The maximum Gasteiger partial charge on any atom is 0.346 e. The summed E-state index contributed by atoms with van der Waals surface area (Å²) in [6.45, 7) is 6.43. The molecule has 2 amide bonds. The van der Waals surface area contributed by atoms with E-state index in [4.69, 9.17) is 9.57 Å². The topological polar surface area (TPSA) is 95.1 Å². The highest BCUT2D eigenvalue weighted by Gasteiger charge is 2.32. The van der Waals surface area contributed by atoms with Gasteiger partial charge in [0.2, 0.25) is 5.95 Å². The van der Waals surface area contributed by atoms with E-state index in [1.165, 1.54) is 10.8 Å². The van der Waals surface area contributed by atoms with Gasteiger partial charge in [0.1, 0.15) is 0 Å². The summed E-state index contributed by atoms with van der Waals surface area (Å²) in [5, 5.41) is 7.63. The Morgan fingerprint density at radius 3 is 2.31 bits per heavy atom. The van der Waals surface area contributed by atoms with Crippen LogP contribution in [-0.2, 0) is 9.57 Å². The molecule has 3 saturated heterocycles. The summed E-state index contributed by atoms with van der Waals surface area (Å²) in [5.74, 6) is 6.76. The number of hydroxylamine groups is 2. The molecule has 0 radical (unpaired) electrons. The Balaban J connectivity index is 0.923. The molecule has 10 nitrogen and oxygen atoms in total. The van der Waals surface area contributed by atoms with E-state index in [-0.39, 0.29) is 12.1 Å². The second-order valence-corrected chi connectivity index (χ2v) is 11.3. The van der Waals surface area contributed by atoms with Crippen molar-refractivity contribution in [1.29, 1.82) is 0 Å². The lowest BCUT2D eigenvalue weighted by Gasteiger charge is -2.43. The van der Waals surface area contributed by atoms with Crippen molar-refractivity contribution in [2.75, 3.05) is 61.5 Å². The molecule has 1 atom stereocenters. The number of anilines is 4. The van der Waals surface area contributed by atoms with Crippen LogP contribution in [-0.4, -0.2) is 78.0 Å². The summed E-state index contributed by atoms with van der Waals surface area (Å²) in [7, 11) is 0. The molecule has 228 valence electrons. The number of carbonyl (C=O) groups excluding carboxylic acids is 1. The zero-order valence-electron chi connectivity index (χ0n) is 24.9. The SMILES string of the molecule is O=C(Nc1cccc(C#Cc2cnc(Nc3ccc(N4CCN(C5COC5)CC4)cc3)nc2)c1)N1OCC[C@H]1c1ccccc1. The van der Waals surface area contributed by atoms with Crippen molar-refractivity contribution in [3.8, 4) is 11.8 Å². The number of hydrogen-bond acceptors (Lipinski definition) is 8. The zero-order valence-corrected chi connectivity index (χ0v) is 24.9. The predicted octanol–water partition coefficient (Wildman–Crippen LogP) is 5.05. The molecule has 0 saturated carbocycles. The van der Waals surface area contributed by atoms with E-state index in [1.54, 1.807) is 12.4 Å². The van der Waals surface area contributed by atoms with Crippen molar-refractivity contribution in [2.24, 2.45) is 0 Å². The Hall–Kier alpha value is -4.95. The van der Waals surface area contributed by atoms with Gasteiger partial charge in [-0.1, -0.05) is 48.2 Å². The third-order valence-corrected chi connectivity index (χ3v) is 8.35. The van der Waals surface area contributed by atoms with Gasteiger partial charge in [0.05, 0.1) is 37.5 Å². The van der Waals surface area contributed by atoms with Gasteiger partial charge in [-0.2, -0.15) is 5.06 Å². The summed E-state index contributed by atoms with van der Waals surface area (Å²) >= 11 is 0. The Kier molecular flexibility index (Phi) is 8.55. The highest BCUT2D eigenvalue weighted by molar-refractivity contribution is 5.89. The van der Waals surface area contributed by atoms with Crippen LogP contribution in [0.15, 0.2) is 91.3 Å². The van der Waals surface area contributed by atoms with Crippen molar-refractivity contribution in [2.45, 2.75) is 18.5 Å². The first-order chi connectivity index (χ1) is 22.2. The number of piperazine rings is 1. The summed E-state index contributed by atoms with van der Waals surface area (Å²) in [4.78, 5) is 32.5. The van der Waals surface area contributed by atoms with Crippen LogP contribution in [0.3, 0.4) is 0 Å². The van der Waals surface area contributed by atoms with Crippen LogP contribution in [0.5, 0.6) is 0 Å². The number of urea groups is 1. The molecule has 0 unspecified atom stereocenters. The second-order valence-electron chi connectivity index (χ2n) is 11.3. The van der Waals surface area contributed by atoms with E-state index < -0.39 is 0 Å². The summed E-state index contributed by atoms with van der Waals surface area (Å²) < 4.78 is 5.34. The number of hydrogen-bond donors (Lipinski definition) is 2. The Bertz CT molecular complexity index is 1660. The van der Waals surface area contributed by atoms with Crippen molar-refractivity contribution >= 4 is 29.0 Å². The average molecular weight is 602 g/mol. The number of aromatic nitrogens is 2. The molecule has 45 heavy (non-hydrogen) atoms. The van der Waals surface area contributed by atoms with Gasteiger partial charge in [-0.25, -0.2) is 14.8 Å². The fourth-order valence-corrected chi connectivity index (χ4v) is 5.77. The molecule has 7 rings (SSSR count). The van der Waals surface area contributed by atoms with E-state index in [0.717, 1.165) is 62.6 Å². The molecule has 10 heteroatoms. The van der Waals surface area contributed by atoms with E-state index in [2.05, 4.69) is 66.5 Å². The first kappa shape index (κ1) is 28.8. The molecule has 0 aliphatic carbocycles. The lowest BCUT2D eigenvalue weighted by atomic mass is 10.1. The molecular formula is C35H35N7O3. The maximum atomic E-state index is 13.0. The van der Waals surface area contributed by atoms with Gasteiger partial charge >= 0.3 is 6.03 Å². The lowest BCUT2D eigenvalue weighted by molar-refractivity contribution is -0.0829. The molecule has 1 aromatic heterocycles. The number of carbonyl (C=O) groups is 1. The lowest BCUT2D eigenvalue weighted by Crippen LogP contribution is -2.56. The Labute approximate surface area is 262 Å². The normalized spacial score (nSPS) is 18.5. The van der Waals surface area contributed by atoms with Crippen LogP contribution in [0.4, 0.5) is 27.8 Å². The number of rotatable bonds is 6. The molecular weight excluding hydrogens is 566 g/mol. The first-order valence-corrected chi connectivity index (χ1v) is 15.3. The van der Waals surface area contributed by atoms with Crippen molar-refractivity contribution < 1.29 is 14.4 Å². The number of benzene rings is 3. The van der Waals surface area contributed by atoms with Crippen molar-refractivity contribution in [3.05, 3.63) is 108 Å². The van der Waals surface area contributed by atoms with Gasteiger partial charge < -0.3 is 20.3 Å². The van der Waals surface area contributed by atoms with Gasteiger partial charge in [-0.05, 0) is 48.0 Å². The number of amides is 2. The molecule has 3 aromatic carbocycles. The van der Waals surface area contributed by atoms with Crippen molar-refractivity contribution in [3.63, 3.8) is 0 Å². The van der Waals surface area contributed by atoms with Gasteiger partial charge in [0.15, 0.2) is 0 Å². The fourth-order valence-electron chi connectivity index (χ4n) is 5.77. The van der Waals surface area contributed by atoms with Crippen LogP contribution in [0, 0.1) is 11.8 Å². The molecule has 4 heterocycles. The van der Waals surface area contributed by atoms with E-state index in [9.17, 15) is 4.79 Å².